The number of aryl methyl sites for hydroxylation is 1. The molecule has 0 radical (unpaired) electrons. The van der Waals surface area contributed by atoms with E-state index in [2.05, 4.69) is 20.9 Å². The molecular weight excluding hydrogens is 438 g/mol. The molecule has 3 aromatic rings. The third kappa shape index (κ3) is 4.42. The van der Waals surface area contributed by atoms with Gasteiger partial charge in [-0.2, -0.15) is 0 Å². The predicted octanol–water partition coefficient (Wildman–Crippen LogP) is 3.33. The summed E-state index contributed by atoms with van der Waals surface area (Å²) in [7, 11) is 3.19. The Morgan fingerprint density at radius 3 is 2.65 bits per heavy atom. The highest BCUT2D eigenvalue weighted by Crippen LogP contribution is 2.38. The monoisotopic (exact) mass is 459 g/mol. The molecule has 0 aliphatic carbocycles. The minimum Gasteiger partial charge on any atom is -0.497 e. The number of rotatable bonds is 6. The van der Waals surface area contributed by atoms with Gasteiger partial charge in [0, 0.05) is 6.54 Å². The van der Waals surface area contributed by atoms with Gasteiger partial charge in [-0.1, -0.05) is 41.6 Å². The Morgan fingerprint density at radius 1 is 1.19 bits per heavy atom. The number of ether oxygens (including phenoxy) is 2. The van der Waals surface area contributed by atoms with Crippen molar-refractivity contribution in [3.63, 3.8) is 0 Å². The van der Waals surface area contributed by atoms with Crippen LogP contribution in [0.4, 0.5) is 0 Å². The Labute approximate surface area is 189 Å². The zero-order chi connectivity index (χ0) is 22.0. The maximum Gasteiger partial charge on any atom is 0.236 e. The zero-order valence-corrected chi connectivity index (χ0v) is 18.8. The first kappa shape index (κ1) is 21.3. The van der Waals surface area contributed by atoms with E-state index in [1.165, 1.54) is 11.8 Å². The summed E-state index contributed by atoms with van der Waals surface area (Å²) in [6, 6.07) is 12.7. The van der Waals surface area contributed by atoms with Crippen molar-refractivity contribution in [1.82, 2.24) is 20.2 Å². The lowest BCUT2D eigenvalue weighted by molar-refractivity contribution is -0.121. The highest BCUT2D eigenvalue weighted by atomic mass is 35.5. The molecule has 1 aliphatic heterocycles. The zero-order valence-electron chi connectivity index (χ0n) is 17.3. The highest BCUT2D eigenvalue weighted by Gasteiger charge is 2.37. The van der Waals surface area contributed by atoms with E-state index in [4.69, 9.17) is 21.1 Å². The fourth-order valence-corrected chi connectivity index (χ4v) is 4.74. The van der Waals surface area contributed by atoms with Gasteiger partial charge in [-0.15, -0.1) is 10.2 Å². The topological polar surface area (TPSA) is 90.3 Å². The minimum atomic E-state index is -0.473. The van der Waals surface area contributed by atoms with Gasteiger partial charge < -0.3 is 20.2 Å². The Morgan fingerprint density at radius 2 is 1.97 bits per heavy atom. The molecule has 1 aromatic heterocycles. The third-order valence-corrected chi connectivity index (χ3v) is 6.53. The molecule has 2 heterocycles. The predicted molar refractivity (Wildman–Crippen MR) is 119 cm³/mol. The Kier molecular flexibility index (Phi) is 6.24. The molecule has 0 spiro atoms. The smallest absolute Gasteiger partial charge is 0.236 e. The number of halogens is 1. The second kappa shape index (κ2) is 9.07. The van der Waals surface area contributed by atoms with E-state index in [1.54, 1.807) is 25.0 Å². The van der Waals surface area contributed by atoms with Gasteiger partial charge in [0.25, 0.3) is 0 Å². The first-order chi connectivity index (χ1) is 15.0. The Hall–Kier alpha value is -2.91. The number of hydrogen-bond donors (Lipinski definition) is 2. The molecule has 2 atom stereocenters. The maximum atomic E-state index is 13.2. The van der Waals surface area contributed by atoms with Gasteiger partial charge in [-0.25, -0.2) is 4.68 Å². The molecule has 1 amide bonds. The average Bonchev–Trinajstić information content (AvgIpc) is 3.16. The highest BCUT2D eigenvalue weighted by molar-refractivity contribution is 8.00. The van der Waals surface area contributed by atoms with Crippen LogP contribution in [0.25, 0.3) is 0 Å². The summed E-state index contributed by atoms with van der Waals surface area (Å²) in [5, 5.41) is 12.0. The fraction of sp³-hybridized carbons (Fsp3) is 0.286. The summed E-state index contributed by atoms with van der Waals surface area (Å²) in [4.78, 5) is 13.2. The summed E-state index contributed by atoms with van der Waals surface area (Å²) in [6.07, 6.45) is 0. The van der Waals surface area contributed by atoms with Crippen molar-refractivity contribution in [1.29, 1.82) is 0 Å². The summed E-state index contributed by atoms with van der Waals surface area (Å²) >= 11 is 7.72. The van der Waals surface area contributed by atoms with Crippen LogP contribution in [0, 0.1) is 6.92 Å². The molecule has 10 heteroatoms. The first-order valence-corrected chi connectivity index (χ1v) is 10.8. The van der Waals surface area contributed by atoms with Gasteiger partial charge >= 0.3 is 0 Å². The molecule has 0 saturated heterocycles. The molecule has 31 heavy (non-hydrogen) atoms. The van der Waals surface area contributed by atoms with E-state index in [0.29, 0.717) is 28.3 Å². The van der Waals surface area contributed by atoms with Gasteiger partial charge in [0.15, 0.2) is 0 Å². The fourth-order valence-electron chi connectivity index (χ4n) is 3.32. The van der Waals surface area contributed by atoms with Crippen LogP contribution in [-0.2, 0) is 11.3 Å². The lowest BCUT2D eigenvalue weighted by Crippen LogP contribution is -2.44. The third-order valence-electron chi connectivity index (χ3n) is 5.02. The van der Waals surface area contributed by atoms with Crippen LogP contribution in [0.1, 0.15) is 23.0 Å². The lowest BCUT2D eigenvalue weighted by atomic mass is 10.0. The number of benzene rings is 2. The number of nitrogens with one attached hydrogen (secondary N) is 2. The van der Waals surface area contributed by atoms with Crippen molar-refractivity contribution in [2.24, 2.45) is 0 Å². The lowest BCUT2D eigenvalue weighted by Gasteiger charge is -2.33. The van der Waals surface area contributed by atoms with Crippen molar-refractivity contribution in [2.45, 2.75) is 29.9 Å². The normalized spacial score (nSPS) is 17.4. The molecule has 4 rings (SSSR count). The van der Waals surface area contributed by atoms with Crippen LogP contribution in [-0.4, -0.2) is 40.3 Å². The molecule has 2 aromatic carbocycles. The minimum absolute atomic E-state index is 0.114. The first-order valence-electron chi connectivity index (χ1n) is 9.59. The van der Waals surface area contributed by atoms with Crippen molar-refractivity contribution in [2.75, 3.05) is 19.6 Å². The van der Waals surface area contributed by atoms with Crippen molar-refractivity contribution in [3.8, 4) is 11.5 Å². The van der Waals surface area contributed by atoms with Gasteiger partial charge in [0.05, 0.1) is 25.3 Å². The number of amides is 1. The summed E-state index contributed by atoms with van der Waals surface area (Å²) in [5.74, 6) is 1.95. The van der Waals surface area contributed by atoms with Crippen LogP contribution in [0.5, 0.6) is 11.5 Å². The molecule has 8 nitrogen and oxygen atoms in total. The maximum absolute atomic E-state index is 13.2. The molecule has 162 valence electrons. The van der Waals surface area contributed by atoms with E-state index in [-0.39, 0.29) is 11.9 Å². The number of carbonyl (C=O) groups is 1. The number of carbonyl (C=O) groups excluding carboxylic acids is 1. The number of methoxy groups -OCH3 is 2. The van der Waals surface area contributed by atoms with Crippen molar-refractivity contribution < 1.29 is 14.3 Å². The Bertz CT molecular complexity index is 1090. The quantitative estimate of drug-likeness (QED) is 0.584. The van der Waals surface area contributed by atoms with Gasteiger partial charge in [0.1, 0.15) is 22.6 Å². The van der Waals surface area contributed by atoms with Crippen LogP contribution < -0.4 is 20.2 Å². The SMILES string of the molecule is COc1ccc(CNC(=O)[C@@H]2Sc3nnc(C)n3N[C@H]2c2ccc(OC)c(Cl)c2)cc1. The summed E-state index contributed by atoms with van der Waals surface area (Å²) in [5.41, 5.74) is 5.20. The molecular formula is C21H22ClN5O3S. The summed E-state index contributed by atoms with van der Waals surface area (Å²) in [6.45, 7) is 2.26. The van der Waals surface area contributed by atoms with Crippen molar-refractivity contribution in [3.05, 3.63) is 64.4 Å². The second-order valence-corrected chi connectivity index (χ2v) is 8.49. The number of hydrogen-bond acceptors (Lipinski definition) is 7. The molecule has 2 N–H and O–H groups in total. The van der Waals surface area contributed by atoms with Crippen LogP contribution >= 0.6 is 23.4 Å². The number of fused-ring (bicyclic) bond motifs is 1. The number of nitrogens with zero attached hydrogens (tertiary/aromatic N) is 3. The van der Waals surface area contributed by atoms with Gasteiger partial charge in [-0.3, -0.25) is 4.79 Å². The van der Waals surface area contributed by atoms with E-state index in [1.807, 2.05) is 43.3 Å². The molecule has 0 unspecified atom stereocenters. The van der Waals surface area contributed by atoms with Crippen molar-refractivity contribution >= 4 is 29.3 Å². The average molecular weight is 460 g/mol. The van der Waals surface area contributed by atoms with Crippen LogP contribution in [0.2, 0.25) is 5.02 Å². The molecule has 1 aliphatic rings. The van der Waals surface area contributed by atoms with Gasteiger partial charge in [0.2, 0.25) is 11.1 Å². The standard InChI is InChI=1S/C21H22ClN5O3S/c1-12-24-25-21-27(12)26-18(14-6-9-17(30-3)16(22)10-14)19(31-21)20(28)23-11-13-4-7-15(29-2)8-5-13/h4-10,18-19,26H,11H2,1-3H3,(H,23,28)/t18-,19+/m0/s1. The summed E-state index contributed by atoms with van der Waals surface area (Å²) < 4.78 is 12.2. The van der Waals surface area contributed by atoms with E-state index >= 15 is 0 Å². The largest absolute Gasteiger partial charge is 0.497 e. The van der Waals surface area contributed by atoms with Crippen LogP contribution in [0.3, 0.4) is 0 Å². The van der Waals surface area contributed by atoms with E-state index in [0.717, 1.165) is 16.9 Å². The van der Waals surface area contributed by atoms with Gasteiger partial charge in [-0.05, 0) is 42.3 Å². The second-order valence-electron chi connectivity index (χ2n) is 6.97. The Balaban J connectivity index is 1.57. The van der Waals surface area contributed by atoms with E-state index < -0.39 is 5.25 Å². The number of thioether (sulfide) groups is 1. The molecule has 0 fully saturated rings. The van der Waals surface area contributed by atoms with Crippen LogP contribution in [0.15, 0.2) is 47.6 Å². The molecule has 0 bridgehead atoms. The number of aromatic nitrogens is 3. The molecule has 0 saturated carbocycles. The van der Waals surface area contributed by atoms with E-state index in [9.17, 15) is 4.79 Å².